The van der Waals surface area contributed by atoms with E-state index < -0.39 is 45.5 Å². The molecule has 2 unspecified atom stereocenters. The first-order valence-electron chi connectivity index (χ1n) is 14.8. The summed E-state index contributed by atoms with van der Waals surface area (Å²) in [5.74, 6) is -5.76. The van der Waals surface area contributed by atoms with Crippen LogP contribution < -0.4 is 0 Å². The Morgan fingerprint density at radius 3 is 1.23 bits per heavy atom. The fourth-order valence-electron chi connectivity index (χ4n) is 4.78. The highest BCUT2D eigenvalue weighted by atomic mass is 16.6. The summed E-state index contributed by atoms with van der Waals surface area (Å²) in [7, 11) is 0. The molecule has 0 radical (unpaired) electrons. The number of ether oxygens (including phenoxy) is 4. The van der Waals surface area contributed by atoms with Crippen molar-refractivity contribution in [2.75, 3.05) is 39.6 Å². The van der Waals surface area contributed by atoms with Crippen LogP contribution in [0.25, 0.3) is 0 Å². The maximum atomic E-state index is 12.1. The molecule has 2 aliphatic carbocycles. The Labute approximate surface area is 259 Å². The summed E-state index contributed by atoms with van der Waals surface area (Å²) < 4.78 is 21.0. The van der Waals surface area contributed by atoms with Crippen LogP contribution >= 0.6 is 0 Å². The number of allylic oxidation sites excluding steroid dienone is 4. The third-order valence-corrected chi connectivity index (χ3v) is 7.85. The fraction of sp³-hybridized carbons (Fsp3) is 0.688. The van der Waals surface area contributed by atoms with E-state index in [2.05, 4.69) is 0 Å². The van der Waals surface area contributed by atoms with Crippen molar-refractivity contribution in [2.24, 2.45) is 10.8 Å². The molecule has 0 heterocycles. The summed E-state index contributed by atoms with van der Waals surface area (Å²) >= 11 is 0. The van der Waals surface area contributed by atoms with Crippen molar-refractivity contribution < 1.29 is 59.2 Å². The molecule has 2 rings (SSSR count). The predicted octanol–water partition coefficient (Wildman–Crippen LogP) is 1.57. The highest BCUT2D eigenvalue weighted by Crippen LogP contribution is 2.44. The van der Waals surface area contributed by atoms with Crippen LogP contribution in [-0.2, 0) is 28.5 Å². The minimum atomic E-state index is -2.42. The molecule has 2 aliphatic rings. The van der Waals surface area contributed by atoms with E-state index in [1.165, 1.54) is 24.3 Å². The van der Waals surface area contributed by atoms with Crippen LogP contribution in [0.15, 0.2) is 47.6 Å². The summed E-state index contributed by atoms with van der Waals surface area (Å²) in [5, 5.41) is 62.6. The lowest BCUT2D eigenvalue weighted by molar-refractivity contribution is -0.257. The molecule has 0 amide bonds. The van der Waals surface area contributed by atoms with Crippen LogP contribution in [-0.4, -0.2) is 105 Å². The largest absolute Gasteiger partial charge is 0.463 e. The molecule has 0 aliphatic heterocycles. The van der Waals surface area contributed by atoms with E-state index in [0.29, 0.717) is 11.1 Å². The molecule has 0 fully saturated rings. The molecule has 12 nitrogen and oxygen atoms in total. The van der Waals surface area contributed by atoms with E-state index in [9.17, 15) is 40.2 Å². The van der Waals surface area contributed by atoms with E-state index in [-0.39, 0.29) is 65.3 Å². The molecule has 6 N–H and O–H groups in total. The van der Waals surface area contributed by atoms with Crippen molar-refractivity contribution in [3.63, 3.8) is 0 Å². The number of carbonyl (C=O) groups excluding carboxylic acids is 2. The number of hydrogen-bond acceptors (Lipinski definition) is 12. The second-order valence-corrected chi connectivity index (χ2v) is 13.3. The van der Waals surface area contributed by atoms with Gasteiger partial charge in [0.25, 0.3) is 0 Å². The number of rotatable bonds is 15. The van der Waals surface area contributed by atoms with Crippen molar-refractivity contribution in [1.82, 2.24) is 0 Å². The van der Waals surface area contributed by atoms with Crippen LogP contribution in [0, 0.1) is 10.8 Å². The first kappa shape index (κ1) is 37.8. The van der Waals surface area contributed by atoms with Gasteiger partial charge in [0, 0.05) is 23.7 Å². The van der Waals surface area contributed by atoms with E-state index in [0.717, 1.165) is 12.2 Å². The summed E-state index contributed by atoms with van der Waals surface area (Å²) in [6.07, 6.45) is 8.52. The molecule has 2 atom stereocenters. The predicted molar refractivity (Wildman–Crippen MR) is 160 cm³/mol. The van der Waals surface area contributed by atoms with Crippen molar-refractivity contribution in [2.45, 2.75) is 90.0 Å². The minimum absolute atomic E-state index is 0.0432. The lowest BCUT2D eigenvalue weighted by Gasteiger charge is -2.47. The fourth-order valence-corrected chi connectivity index (χ4v) is 4.78. The van der Waals surface area contributed by atoms with E-state index >= 15 is 0 Å². The Kier molecular flexibility index (Phi) is 12.7. The molecule has 250 valence electrons. The van der Waals surface area contributed by atoms with Gasteiger partial charge >= 0.3 is 11.9 Å². The van der Waals surface area contributed by atoms with Crippen LogP contribution in [0.3, 0.4) is 0 Å². The summed E-state index contributed by atoms with van der Waals surface area (Å²) in [4.78, 5) is 24.1. The maximum Gasteiger partial charge on any atom is 0.306 e. The molecule has 44 heavy (non-hydrogen) atoms. The van der Waals surface area contributed by atoms with Gasteiger partial charge in [0.2, 0.25) is 11.6 Å². The molecular formula is C32H50O12. The van der Waals surface area contributed by atoms with Gasteiger partial charge in [0.1, 0.15) is 24.4 Å². The number of carbonyl (C=O) groups is 2. The zero-order valence-corrected chi connectivity index (χ0v) is 26.7. The Bertz CT molecular complexity index is 1030. The highest BCUT2D eigenvalue weighted by Gasteiger charge is 2.55. The van der Waals surface area contributed by atoms with Crippen LogP contribution in [0.5, 0.6) is 0 Å². The molecule has 0 saturated heterocycles. The Morgan fingerprint density at radius 2 is 0.909 bits per heavy atom. The smallest absolute Gasteiger partial charge is 0.306 e. The minimum Gasteiger partial charge on any atom is -0.463 e. The normalized spacial score (nSPS) is 24.5. The standard InChI is InChI=1S/C32H50O12/c1-27(2,3)29(35)21-23(11-13-31(29,37)38)7-9-25(33)43-19-17-41-15-16-42-18-20-44-26(34)10-8-24-12-14-32(39,40)30(36,22-24)28(4,5)6/h11-14,21-22,35-40H,7-10,15-20H2,1-6H3. The molecule has 0 aromatic heterocycles. The average molecular weight is 627 g/mol. The molecule has 0 aromatic carbocycles. The third kappa shape index (κ3) is 9.54. The first-order chi connectivity index (χ1) is 20.2. The molecule has 0 spiro atoms. The zero-order chi connectivity index (χ0) is 33.5. The second-order valence-electron chi connectivity index (χ2n) is 13.3. The van der Waals surface area contributed by atoms with Crippen LogP contribution in [0.2, 0.25) is 0 Å². The highest BCUT2D eigenvalue weighted by molar-refractivity contribution is 5.70. The van der Waals surface area contributed by atoms with Gasteiger partial charge in [-0.25, -0.2) is 0 Å². The molecule has 12 heteroatoms. The van der Waals surface area contributed by atoms with Crippen molar-refractivity contribution in [3.05, 3.63) is 47.6 Å². The lowest BCUT2D eigenvalue weighted by Crippen LogP contribution is -2.60. The van der Waals surface area contributed by atoms with Gasteiger partial charge in [0.15, 0.2) is 0 Å². The van der Waals surface area contributed by atoms with Gasteiger partial charge in [-0.3, -0.25) is 9.59 Å². The molecule has 0 bridgehead atoms. The quantitative estimate of drug-likeness (QED) is 0.0875. The second kappa shape index (κ2) is 14.8. The third-order valence-electron chi connectivity index (χ3n) is 7.85. The Hall–Kier alpha value is -2.42. The maximum absolute atomic E-state index is 12.1. The van der Waals surface area contributed by atoms with Gasteiger partial charge < -0.3 is 49.6 Å². The number of hydrogen-bond donors (Lipinski definition) is 6. The van der Waals surface area contributed by atoms with Crippen molar-refractivity contribution >= 4 is 11.9 Å². The summed E-state index contributed by atoms with van der Waals surface area (Å²) in [5.41, 5.74) is -4.41. The van der Waals surface area contributed by atoms with Crippen LogP contribution in [0.1, 0.15) is 67.2 Å². The van der Waals surface area contributed by atoms with Crippen molar-refractivity contribution in [1.29, 1.82) is 0 Å². The van der Waals surface area contributed by atoms with Gasteiger partial charge in [-0.1, -0.05) is 53.7 Å². The molecule has 0 aromatic rings. The number of esters is 2. The topological polar surface area (TPSA) is 192 Å². The summed E-state index contributed by atoms with van der Waals surface area (Å²) in [6.45, 7) is 11.0. The van der Waals surface area contributed by atoms with E-state index in [1.807, 2.05) is 0 Å². The van der Waals surface area contributed by atoms with Gasteiger partial charge in [-0.2, -0.15) is 0 Å². The monoisotopic (exact) mass is 626 g/mol. The van der Waals surface area contributed by atoms with Gasteiger partial charge in [-0.05, 0) is 48.3 Å². The van der Waals surface area contributed by atoms with E-state index in [1.54, 1.807) is 41.5 Å². The molecule has 0 saturated carbocycles. The Morgan fingerprint density at radius 1 is 0.591 bits per heavy atom. The first-order valence-corrected chi connectivity index (χ1v) is 14.8. The lowest BCUT2D eigenvalue weighted by atomic mass is 9.68. The zero-order valence-electron chi connectivity index (χ0n) is 26.7. The van der Waals surface area contributed by atoms with Crippen LogP contribution in [0.4, 0.5) is 0 Å². The van der Waals surface area contributed by atoms with E-state index in [4.69, 9.17) is 18.9 Å². The Balaban J connectivity index is 1.54. The SMILES string of the molecule is CC(C)(C)C1(O)C=C(CCC(=O)OCCOCCOCCOC(=O)CCC2=CC(O)(C(C)(C)C)C(O)(O)C=C2)C=CC1(O)O. The van der Waals surface area contributed by atoms with Crippen molar-refractivity contribution in [3.8, 4) is 0 Å². The average Bonchev–Trinajstić information content (AvgIpc) is 2.90. The molecular weight excluding hydrogens is 576 g/mol. The summed E-state index contributed by atoms with van der Waals surface area (Å²) in [6, 6.07) is 0. The number of aliphatic hydroxyl groups is 6. The van der Waals surface area contributed by atoms with Gasteiger partial charge in [-0.15, -0.1) is 0 Å². The van der Waals surface area contributed by atoms with Gasteiger partial charge in [0.05, 0.1) is 26.4 Å².